The van der Waals surface area contributed by atoms with E-state index in [-0.39, 0.29) is 0 Å². The van der Waals surface area contributed by atoms with Crippen LogP contribution in [-0.4, -0.2) is 31.6 Å². The van der Waals surface area contributed by atoms with Crippen LogP contribution < -0.4 is 5.32 Å². The molecule has 1 fully saturated rings. The minimum atomic E-state index is 0.599. The van der Waals surface area contributed by atoms with Crippen LogP contribution in [-0.2, 0) is 6.42 Å². The summed E-state index contributed by atoms with van der Waals surface area (Å²) >= 11 is 0. The van der Waals surface area contributed by atoms with Gasteiger partial charge in [0.1, 0.15) is 0 Å². The zero-order valence-electron chi connectivity index (χ0n) is 13.4. The molecule has 1 aromatic carbocycles. The fraction of sp³-hybridized carbons (Fsp3) is 0.667. The average molecular weight is 274 g/mol. The van der Waals surface area contributed by atoms with E-state index in [0.717, 1.165) is 18.9 Å². The summed E-state index contributed by atoms with van der Waals surface area (Å²) in [7, 11) is 2.08. The summed E-state index contributed by atoms with van der Waals surface area (Å²) in [5, 5.41) is 3.40. The maximum Gasteiger partial charge on any atom is 0.0388 e. The van der Waals surface area contributed by atoms with E-state index in [2.05, 4.69) is 55.4 Å². The molecule has 1 aliphatic heterocycles. The SMILES string of the molecule is CCCN1CCCC(CNC)C1c1ccc(CC)cc1. The Kier molecular flexibility index (Phi) is 6.06. The van der Waals surface area contributed by atoms with E-state index in [0.29, 0.717) is 6.04 Å². The summed E-state index contributed by atoms with van der Waals surface area (Å²) in [5.41, 5.74) is 2.95. The molecule has 2 atom stereocenters. The number of aryl methyl sites for hydroxylation is 1. The van der Waals surface area contributed by atoms with Gasteiger partial charge in [0.25, 0.3) is 0 Å². The third-order valence-electron chi connectivity index (χ3n) is 4.57. The van der Waals surface area contributed by atoms with Gasteiger partial charge in [0.2, 0.25) is 0 Å². The van der Waals surface area contributed by atoms with Crippen LogP contribution in [0.4, 0.5) is 0 Å². The van der Waals surface area contributed by atoms with E-state index >= 15 is 0 Å². The lowest BCUT2D eigenvalue weighted by Crippen LogP contribution is -2.42. The third kappa shape index (κ3) is 3.62. The molecule has 2 rings (SSSR count). The summed E-state index contributed by atoms with van der Waals surface area (Å²) in [6, 6.07) is 9.94. The first kappa shape index (κ1) is 15.5. The van der Waals surface area contributed by atoms with Crippen molar-refractivity contribution in [2.75, 3.05) is 26.7 Å². The first-order chi connectivity index (χ1) is 9.80. The van der Waals surface area contributed by atoms with E-state index in [1.54, 1.807) is 0 Å². The first-order valence-corrected chi connectivity index (χ1v) is 8.27. The van der Waals surface area contributed by atoms with Gasteiger partial charge in [-0.05, 0) is 69.4 Å². The molecule has 1 heterocycles. The maximum absolute atomic E-state index is 3.40. The molecule has 2 heteroatoms. The third-order valence-corrected chi connectivity index (χ3v) is 4.57. The standard InChI is InChI=1S/C18H30N2/c1-4-12-20-13-6-7-17(14-19-3)18(20)16-10-8-15(5-2)9-11-16/h8-11,17-19H,4-7,12-14H2,1-3H3. The molecule has 112 valence electrons. The van der Waals surface area contributed by atoms with Gasteiger partial charge in [0.05, 0.1) is 0 Å². The highest BCUT2D eigenvalue weighted by atomic mass is 15.2. The van der Waals surface area contributed by atoms with Gasteiger partial charge in [0, 0.05) is 6.04 Å². The topological polar surface area (TPSA) is 15.3 Å². The van der Waals surface area contributed by atoms with Gasteiger partial charge in [-0.1, -0.05) is 38.1 Å². The molecule has 20 heavy (non-hydrogen) atoms. The molecular formula is C18H30N2. The first-order valence-electron chi connectivity index (χ1n) is 8.27. The van der Waals surface area contributed by atoms with Gasteiger partial charge < -0.3 is 5.32 Å². The second-order valence-corrected chi connectivity index (χ2v) is 6.04. The predicted molar refractivity (Wildman–Crippen MR) is 87.1 cm³/mol. The van der Waals surface area contributed by atoms with Crippen molar-refractivity contribution in [1.29, 1.82) is 0 Å². The second kappa shape index (κ2) is 7.80. The Morgan fingerprint density at radius 1 is 1.20 bits per heavy atom. The molecule has 0 amide bonds. The fourth-order valence-electron chi connectivity index (χ4n) is 3.60. The van der Waals surface area contributed by atoms with Crippen LogP contribution >= 0.6 is 0 Å². The fourth-order valence-corrected chi connectivity index (χ4v) is 3.60. The van der Waals surface area contributed by atoms with Crippen LogP contribution in [0.25, 0.3) is 0 Å². The monoisotopic (exact) mass is 274 g/mol. The predicted octanol–water partition coefficient (Wildman–Crippen LogP) is 3.63. The van der Waals surface area contributed by atoms with Crippen molar-refractivity contribution < 1.29 is 0 Å². The molecule has 0 spiro atoms. The molecule has 2 nitrogen and oxygen atoms in total. The number of piperidine rings is 1. The van der Waals surface area contributed by atoms with Crippen LogP contribution in [0.1, 0.15) is 50.3 Å². The highest BCUT2D eigenvalue weighted by Gasteiger charge is 2.31. The number of hydrogen-bond acceptors (Lipinski definition) is 2. The summed E-state index contributed by atoms with van der Waals surface area (Å²) < 4.78 is 0. The summed E-state index contributed by atoms with van der Waals surface area (Å²) in [4.78, 5) is 2.70. The smallest absolute Gasteiger partial charge is 0.0388 e. The molecule has 1 saturated heterocycles. The van der Waals surface area contributed by atoms with Gasteiger partial charge in [-0.15, -0.1) is 0 Å². The lowest BCUT2D eigenvalue weighted by molar-refractivity contribution is 0.0924. The number of rotatable bonds is 6. The zero-order chi connectivity index (χ0) is 14.4. The number of nitrogens with one attached hydrogen (secondary N) is 1. The van der Waals surface area contributed by atoms with E-state index in [1.165, 1.54) is 43.5 Å². The Hall–Kier alpha value is -0.860. The Labute approximate surface area is 124 Å². The lowest BCUT2D eigenvalue weighted by Gasteiger charge is -2.42. The molecule has 0 saturated carbocycles. The molecule has 0 radical (unpaired) electrons. The van der Waals surface area contributed by atoms with Crippen molar-refractivity contribution in [2.24, 2.45) is 5.92 Å². The lowest BCUT2D eigenvalue weighted by atomic mass is 9.84. The Balaban J connectivity index is 2.22. The van der Waals surface area contributed by atoms with E-state index < -0.39 is 0 Å². The Morgan fingerprint density at radius 2 is 1.95 bits per heavy atom. The number of likely N-dealkylation sites (tertiary alicyclic amines) is 1. The normalized spacial score (nSPS) is 23.9. The van der Waals surface area contributed by atoms with Crippen molar-refractivity contribution in [3.8, 4) is 0 Å². The summed E-state index contributed by atoms with van der Waals surface area (Å²) in [6.07, 6.45) is 5.07. The summed E-state index contributed by atoms with van der Waals surface area (Å²) in [5.74, 6) is 0.743. The Bertz CT molecular complexity index is 367. The van der Waals surface area contributed by atoms with Crippen molar-refractivity contribution in [3.05, 3.63) is 35.4 Å². The maximum atomic E-state index is 3.40. The minimum absolute atomic E-state index is 0.599. The average Bonchev–Trinajstić information content (AvgIpc) is 2.48. The molecule has 1 N–H and O–H groups in total. The quantitative estimate of drug-likeness (QED) is 0.852. The van der Waals surface area contributed by atoms with Crippen LogP contribution in [0.5, 0.6) is 0 Å². The van der Waals surface area contributed by atoms with Crippen LogP contribution in [0.3, 0.4) is 0 Å². The van der Waals surface area contributed by atoms with E-state index in [4.69, 9.17) is 0 Å². The molecule has 1 aromatic rings. The Morgan fingerprint density at radius 3 is 2.55 bits per heavy atom. The molecule has 0 aliphatic carbocycles. The van der Waals surface area contributed by atoms with E-state index in [1.807, 2.05) is 0 Å². The molecule has 1 aliphatic rings. The molecule has 2 unspecified atom stereocenters. The van der Waals surface area contributed by atoms with Gasteiger partial charge in [-0.2, -0.15) is 0 Å². The minimum Gasteiger partial charge on any atom is -0.319 e. The zero-order valence-corrected chi connectivity index (χ0v) is 13.4. The summed E-state index contributed by atoms with van der Waals surface area (Å²) in [6.45, 7) is 8.12. The second-order valence-electron chi connectivity index (χ2n) is 6.04. The highest BCUT2D eigenvalue weighted by molar-refractivity contribution is 5.26. The van der Waals surface area contributed by atoms with E-state index in [9.17, 15) is 0 Å². The van der Waals surface area contributed by atoms with Gasteiger partial charge in [-0.25, -0.2) is 0 Å². The van der Waals surface area contributed by atoms with Gasteiger partial charge in [0.15, 0.2) is 0 Å². The molecule has 0 bridgehead atoms. The van der Waals surface area contributed by atoms with Crippen molar-refractivity contribution in [2.45, 2.75) is 45.6 Å². The van der Waals surface area contributed by atoms with Gasteiger partial charge >= 0.3 is 0 Å². The number of hydrogen-bond donors (Lipinski definition) is 1. The number of benzene rings is 1. The van der Waals surface area contributed by atoms with Crippen LogP contribution in [0, 0.1) is 5.92 Å². The van der Waals surface area contributed by atoms with Crippen LogP contribution in [0.15, 0.2) is 24.3 Å². The highest BCUT2D eigenvalue weighted by Crippen LogP contribution is 2.35. The molecule has 0 aromatic heterocycles. The largest absolute Gasteiger partial charge is 0.319 e. The van der Waals surface area contributed by atoms with Crippen molar-refractivity contribution >= 4 is 0 Å². The van der Waals surface area contributed by atoms with Gasteiger partial charge in [-0.3, -0.25) is 4.90 Å². The molecular weight excluding hydrogens is 244 g/mol. The van der Waals surface area contributed by atoms with Crippen molar-refractivity contribution in [3.63, 3.8) is 0 Å². The van der Waals surface area contributed by atoms with Crippen LogP contribution in [0.2, 0.25) is 0 Å². The number of nitrogens with zero attached hydrogens (tertiary/aromatic N) is 1. The van der Waals surface area contributed by atoms with Crippen molar-refractivity contribution in [1.82, 2.24) is 10.2 Å².